The van der Waals surface area contributed by atoms with Crippen LogP contribution in [0.3, 0.4) is 0 Å². The molecule has 22 heavy (non-hydrogen) atoms. The molecule has 0 spiro atoms. The number of nitrogens with one attached hydrogen (secondary N) is 2. The van der Waals surface area contributed by atoms with E-state index in [0.29, 0.717) is 12.6 Å². The zero-order valence-corrected chi connectivity index (χ0v) is 15.5. The Morgan fingerprint density at radius 3 is 2.64 bits per heavy atom. The van der Waals surface area contributed by atoms with Crippen LogP contribution in [0.25, 0.3) is 0 Å². The topological polar surface area (TPSA) is 48.9 Å². The molecule has 0 aromatic carbocycles. The summed E-state index contributed by atoms with van der Waals surface area (Å²) in [5.74, 6) is 0.830. The lowest BCUT2D eigenvalue weighted by atomic mass is 10.1. The van der Waals surface area contributed by atoms with Crippen molar-refractivity contribution in [3.05, 3.63) is 22.4 Å². The Morgan fingerprint density at radius 1 is 1.41 bits per heavy atom. The van der Waals surface area contributed by atoms with Gasteiger partial charge in [-0.15, -0.1) is 11.3 Å². The Balaban J connectivity index is 2.68. The van der Waals surface area contributed by atoms with Crippen LogP contribution >= 0.6 is 11.3 Å². The smallest absolute Gasteiger partial charge is 0.191 e. The number of rotatable bonds is 8. The summed E-state index contributed by atoms with van der Waals surface area (Å²) in [5.41, 5.74) is -0.253. The normalized spacial score (nSPS) is 14.2. The predicted molar refractivity (Wildman–Crippen MR) is 95.8 cm³/mol. The molecule has 1 aromatic rings. The van der Waals surface area contributed by atoms with Crippen molar-refractivity contribution in [2.24, 2.45) is 4.99 Å². The number of nitrogens with zero attached hydrogens (tertiary/aromatic N) is 2. The van der Waals surface area contributed by atoms with E-state index in [1.807, 2.05) is 13.8 Å². The van der Waals surface area contributed by atoms with Gasteiger partial charge in [-0.1, -0.05) is 6.07 Å². The Hall–Kier alpha value is -1.11. The number of guanidine groups is 1. The van der Waals surface area contributed by atoms with Gasteiger partial charge in [-0.3, -0.25) is 4.99 Å². The highest BCUT2D eigenvalue weighted by atomic mass is 32.1. The van der Waals surface area contributed by atoms with Crippen LogP contribution in [0.5, 0.6) is 0 Å². The largest absolute Gasteiger partial charge is 0.377 e. The molecule has 5 nitrogen and oxygen atoms in total. The molecular formula is C16H30N4OS. The molecule has 1 rings (SSSR count). The summed E-state index contributed by atoms with van der Waals surface area (Å²) < 4.78 is 5.42. The molecular weight excluding hydrogens is 296 g/mol. The Kier molecular flexibility index (Phi) is 7.85. The molecule has 0 amide bonds. The number of ether oxygens (including phenoxy) is 1. The van der Waals surface area contributed by atoms with E-state index >= 15 is 0 Å². The van der Waals surface area contributed by atoms with Gasteiger partial charge in [0, 0.05) is 25.1 Å². The Morgan fingerprint density at radius 2 is 2.14 bits per heavy atom. The van der Waals surface area contributed by atoms with Crippen molar-refractivity contribution in [2.45, 2.75) is 32.4 Å². The van der Waals surface area contributed by atoms with Gasteiger partial charge < -0.3 is 20.3 Å². The summed E-state index contributed by atoms with van der Waals surface area (Å²) in [6, 6.07) is 4.60. The van der Waals surface area contributed by atoms with E-state index < -0.39 is 0 Å². The summed E-state index contributed by atoms with van der Waals surface area (Å²) in [4.78, 5) is 8.20. The molecule has 1 unspecified atom stereocenters. The Bertz CT molecular complexity index is 443. The molecule has 0 aliphatic rings. The maximum absolute atomic E-state index is 5.42. The van der Waals surface area contributed by atoms with Crippen molar-refractivity contribution >= 4 is 17.3 Å². The van der Waals surface area contributed by atoms with Crippen molar-refractivity contribution in [1.82, 2.24) is 15.5 Å². The first-order chi connectivity index (χ1) is 10.4. The minimum atomic E-state index is -0.253. The minimum Gasteiger partial charge on any atom is -0.377 e. The standard InChI is InChI=1S/C16H30N4OS/c1-7-17-15(19-12-16(2,3)21-6)18-11-13(20(4)5)14-9-8-10-22-14/h8-10,13H,7,11-12H2,1-6H3,(H2,17,18,19). The van der Waals surface area contributed by atoms with Crippen molar-refractivity contribution in [3.63, 3.8) is 0 Å². The summed E-state index contributed by atoms with van der Waals surface area (Å²) in [6.45, 7) is 8.41. The number of thiophene rings is 1. The number of hydrogen-bond acceptors (Lipinski definition) is 4. The number of methoxy groups -OCH3 is 1. The van der Waals surface area contributed by atoms with E-state index in [1.54, 1.807) is 18.4 Å². The van der Waals surface area contributed by atoms with E-state index in [9.17, 15) is 0 Å². The zero-order chi connectivity index (χ0) is 16.6. The van der Waals surface area contributed by atoms with Crippen LogP contribution in [0.15, 0.2) is 22.5 Å². The molecule has 0 bridgehead atoms. The molecule has 1 heterocycles. The fourth-order valence-corrected chi connectivity index (χ4v) is 2.81. The third-order valence-electron chi connectivity index (χ3n) is 3.47. The molecule has 6 heteroatoms. The van der Waals surface area contributed by atoms with Crippen LogP contribution in [-0.4, -0.2) is 57.3 Å². The highest BCUT2D eigenvalue weighted by Gasteiger charge is 2.17. The van der Waals surface area contributed by atoms with Crippen molar-refractivity contribution in [3.8, 4) is 0 Å². The average Bonchev–Trinajstić information content (AvgIpc) is 2.98. The lowest BCUT2D eigenvalue weighted by Gasteiger charge is -2.25. The van der Waals surface area contributed by atoms with E-state index in [-0.39, 0.29) is 5.60 Å². The van der Waals surface area contributed by atoms with Gasteiger partial charge >= 0.3 is 0 Å². The van der Waals surface area contributed by atoms with Gasteiger partial charge in [-0.25, -0.2) is 0 Å². The molecule has 126 valence electrons. The molecule has 0 radical (unpaired) electrons. The molecule has 0 saturated carbocycles. The van der Waals surface area contributed by atoms with Gasteiger partial charge in [0.25, 0.3) is 0 Å². The zero-order valence-electron chi connectivity index (χ0n) is 14.6. The molecule has 1 aromatic heterocycles. The van der Waals surface area contributed by atoms with Gasteiger partial charge in [0.1, 0.15) is 0 Å². The van der Waals surface area contributed by atoms with Gasteiger partial charge in [-0.2, -0.15) is 0 Å². The lowest BCUT2D eigenvalue weighted by Crippen LogP contribution is -2.42. The van der Waals surface area contributed by atoms with Crippen LogP contribution in [-0.2, 0) is 4.74 Å². The van der Waals surface area contributed by atoms with Crippen LogP contribution in [0, 0.1) is 0 Å². The number of aliphatic imine (C=N–C) groups is 1. The summed E-state index contributed by atoms with van der Waals surface area (Å²) >= 11 is 1.78. The summed E-state index contributed by atoms with van der Waals surface area (Å²) in [7, 11) is 5.92. The lowest BCUT2D eigenvalue weighted by molar-refractivity contribution is 0.0310. The van der Waals surface area contributed by atoms with Gasteiger partial charge in [0.2, 0.25) is 0 Å². The highest BCUT2D eigenvalue weighted by Crippen LogP contribution is 2.22. The summed E-state index contributed by atoms with van der Waals surface area (Å²) in [6.07, 6.45) is 0. The van der Waals surface area contributed by atoms with Gasteiger partial charge in [0.05, 0.1) is 18.2 Å². The van der Waals surface area contributed by atoms with E-state index in [0.717, 1.165) is 19.0 Å². The van der Waals surface area contributed by atoms with Crippen molar-refractivity contribution < 1.29 is 4.74 Å². The van der Waals surface area contributed by atoms with Gasteiger partial charge in [-0.05, 0) is 46.3 Å². The van der Waals surface area contributed by atoms with Gasteiger partial charge in [0.15, 0.2) is 5.96 Å². The fraction of sp³-hybridized carbons (Fsp3) is 0.688. The molecule has 0 saturated heterocycles. The molecule has 0 fully saturated rings. The first kappa shape index (κ1) is 18.9. The second-order valence-corrected chi connectivity index (χ2v) is 7.01. The second-order valence-electron chi connectivity index (χ2n) is 6.03. The predicted octanol–water partition coefficient (Wildman–Crippen LogP) is 2.33. The number of likely N-dealkylation sites (N-methyl/N-ethyl adjacent to an activating group) is 1. The van der Waals surface area contributed by atoms with Crippen LogP contribution in [0.4, 0.5) is 0 Å². The van der Waals surface area contributed by atoms with E-state index in [2.05, 4.69) is 59.1 Å². The third-order valence-corrected chi connectivity index (χ3v) is 4.45. The van der Waals surface area contributed by atoms with Crippen LogP contribution in [0.1, 0.15) is 31.7 Å². The van der Waals surface area contributed by atoms with Crippen molar-refractivity contribution in [2.75, 3.05) is 40.8 Å². The number of hydrogen-bond donors (Lipinski definition) is 2. The molecule has 1 atom stereocenters. The minimum absolute atomic E-state index is 0.253. The monoisotopic (exact) mass is 326 g/mol. The molecule has 0 aliphatic carbocycles. The SMILES string of the molecule is CCNC(=NCC(C)(C)OC)NCC(c1cccs1)N(C)C. The fourth-order valence-electron chi connectivity index (χ4n) is 1.89. The quantitative estimate of drug-likeness (QED) is 0.569. The Labute approximate surface area is 138 Å². The van der Waals surface area contributed by atoms with Crippen LogP contribution < -0.4 is 10.6 Å². The maximum Gasteiger partial charge on any atom is 0.191 e. The first-order valence-electron chi connectivity index (χ1n) is 7.66. The maximum atomic E-state index is 5.42. The van der Waals surface area contributed by atoms with Crippen LogP contribution in [0.2, 0.25) is 0 Å². The van der Waals surface area contributed by atoms with E-state index in [4.69, 9.17) is 4.74 Å². The third kappa shape index (κ3) is 6.34. The van der Waals surface area contributed by atoms with E-state index in [1.165, 1.54) is 4.88 Å². The average molecular weight is 327 g/mol. The highest BCUT2D eigenvalue weighted by molar-refractivity contribution is 7.10. The van der Waals surface area contributed by atoms with Crippen molar-refractivity contribution in [1.29, 1.82) is 0 Å². The molecule has 2 N–H and O–H groups in total. The second kappa shape index (κ2) is 9.12. The first-order valence-corrected chi connectivity index (χ1v) is 8.54. The molecule has 0 aliphatic heterocycles. The summed E-state index contributed by atoms with van der Waals surface area (Å²) in [5, 5.41) is 8.84.